The van der Waals surface area contributed by atoms with E-state index in [4.69, 9.17) is 16.3 Å². The van der Waals surface area contributed by atoms with Crippen molar-refractivity contribution in [2.75, 3.05) is 11.9 Å². The molecule has 0 saturated carbocycles. The molecule has 0 heterocycles. The van der Waals surface area contributed by atoms with Gasteiger partial charge in [0, 0.05) is 24.2 Å². The smallest absolute Gasteiger partial charge is 0.327 e. The first-order chi connectivity index (χ1) is 9.99. The summed E-state index contributed by atoms with van der Waals surface area (Å²) in [6, 6.07) is 3.13. The summed E-state index contributed by atoms with van der Waals surface area (Å²) < 4.78 is 5.32. The predicted molar refractivity (Wildman–Crippen MR) is 77.4 cm³/mol. The Hall–Kier alpha value is -2.75. The van der Waals surface area contributed by atoms with Crippen molar-refractivity contribution in [3.8, 4) is 18.1 Å². The van der Waals surface area contributed by atoms with Crippen LogP contribution in [0.4, 0.5) is 11.4 Å². The topological polar surface area (TPSA) is 102 Å². The molecule has 2 N–H and O–H groups in total. The molecule has 1 aromatic rings. The van der Waals surface area contributed by atoms with E-state index < -0.39 is 16.9 Å². The van der Waals surface area contributed by atoms with Crippen LogP contribution in [0.5, 0.6) is 5.75 Å². The Balaban J connectivity index is 3.01. The highest BCUT2D eigenvalue weighted by atomic mass is 16.6. The number of ether oxygens (including phenoxy) is 1. The van der Waals surface area contributed by atoms with Crippen LogP contribution in [0.2, 0.25) is 0 Å². The van der Waals surface area contributed by atoms with Crippen molar-refractivity contribution >= 4 is 17.3 Å². The minimum absolute atomic E-state index is 0.00251. The first-order valence-electron chi connectivity index (χ1n) is 6.33. The number of terminal acetylenes is 1. The molecule has 21 heavy (non-hydrogen) atoms. The number of anilines is 1. The van der Waals surface area contributed by atoms with Crippen LogP contribution in [-0.4, -0.2) is 28.6 Å². The van der Waals surface area contributed by atoms with E-state index in [2.05, 4.69) is 11.2 Å². The second-order valence-electron chi connectivity index (χ2n) is 4.23. The second kappa shape index (κ2) is 7.75. The molecule has 0 aliphatic heterocycles. The number of hydrogen-bond donors (Lipinski definition) is 2. The molecule has 112 valence electrons. The highest BCUT2D eigenvalue weighted by Crippen LogP contribution is 2.30. The van der Waals surface area contributed by atoms with Gasteiger partial charge in [0.2, 0.25) is 0 Å². The van der Waals surface area contributed by atoms with Gasteiger partial charge in [0.05, 0.1) is 11.5 Å². The summed E-state index contributed by atoms with van der Waals surface area (Å²) in [7, 11) is 0. The van der Waals surface area contributed by atoms with Crippen LogP contribution in [-0.2, 0) is 4.79 Å². The van der Waals surface area contributed by atoms with E-state index in [1.165, 1.54) is 18.2 Å². The standard InChI is InChI=1S/C14H16N2O5/c1-3-5-11(14(17)18)15-10-6-7-12(16(19)20)13(9-10)21-8-4-2/h1,6-7,9,11,15H,4-5,8H2,2H3,(H,17,18). The molecule has 1 aromatic carbocycles. The lowest BCUT2D eigenvalue weighted by Gasteiger charge is -2.14. The molecule has 0 saturated heterocycles. The lowest BCUT2D eigenvalue weighted by atomic mass is 10.2. The summed E-state index contributed by atoms with van der Waals surface area (Å²) in [6.45, 7) is 2.21. The molecule has 0 aliphatic carbocycles. The van der Waals surface area contributed by atoms with Crippen LogP contribution in [0, 0.1) is 22.5 Å². The normalized spacial score (nSPS) is 11.2. The van der Waals surface area contributed by atoms with Crippen LogP contribution < -0.4 is 10.1 Å². The van der Waals surface area contributed by atoms with Gasteiger partial charge in [0.1, 0.15) is 6.04 Å². The minimum atomic E-state index is -1.10. The Bertz CT molecular complexity index is 565. The zero-order chi connectivity index (χ0) is 15.8. The number of benzene rings is 1. The fraction of sp³-hybridized carbons (Fsp3) is 0.357. The Morgan fingerprint density at radius 3 is 2.86 bits per heavy atom. The van der Waals surface area contributed by atoms with E-state index in [1.54, 1.807) is 0 Å². The number of nitrogens with zero attached hydrogens (tertiary/aromatic N) is 1. The number of hydrogen-bond acceptors (Lipinski definition) is 5. The molecule has 0 amide bonds. The molecule has 7 nitrogen and oxygen atoms in total. The minimum Gasteiger partial charge on any atom is -0.487 e. The number of nitro benzene ring substituents is 1. The zero-order valence-corrected chi connectivity index (χ0v) is 11.5. The monoisotopic (exact) mass is 292 g/mol. The molecular formula is C14H16N2O5. The van der Waals surface area contributed by atoms with Crippen LogP contribution in [0.1, 0.15) is 19.8 Å². The summed E-state index contributed by atoms with van der Waals surface area (Å²) in [4.78, 5) is 21.4. The van der Waals surface area contributed by atoms with Gasteiger partial charge < -0.3 is 15.2 Å². The van der Waals surface area contributed by atoms with Crippen molar-refractivity contribution in [2.24, 2.45) is 0 Å². The van der Waals surface area contributed by atoms with E-state index in [-0.39, 0.29) is 17.9 Å². The van der Waals surface area contributed by atoms with Gasteiger partial charge in [0.25, 0.3) is 0 Å². The third-order valence-corrected chi connectivity index (χ3v) is 2.58. The fourth-order valence-corrected chi connectivity index (χ4v) is 1.60. The summed E-state index contributed by atoms with van der Waals surface area (Å²) in [5.41, 5.74) is 0.229. The van der Waals surface area contributed by atoms with Gasteiger partial charge >= 0.3 is 11.7 Å². The number of aliphatic carboxylic acids is 1. The molecular weight excluding hydrogens is 276 g/mol. The third kappa shape index (κ3) is 4.69. The highest BCUT2D eigenvalue weighted by Gasteiger charge is 2.19. The molecule has 0 aromatic heterocycles. The number of nitro groups is 1. The van der Waals surface area contributed by atoms with Gasteiger partial charge in [-0.3, -0.25) is 10.1 Å². The maximum Gasteiger partial charge on any atom is 0.327 e. The SMILES string of the molecule is C#CCC(Nc1ccc([N+](=O)[O-])c(OCCC)c1)C(=O)O. The van der Waals surface area contributed by atoms with Crippen molar-refractivity contribution in [1.29, 1.82) is 0 Å². The quantitative estimate of drug-likeness (QED) is 0.433. The predicted octanol–water partition coefficient (Wildman–Crippen LogP) is 2.27. The van der Waals surface area contributed by atoms with Crippen molar-refractivity contribution in [1.82, 2.24) is 0 Å². The van der Waals surface area contributed by atoms with E-state index in [0.29, 0.717) is 18.7 Å². The van der Waals surface area contributed by atoms with Crippen LogP contribution >= 0.6 is 0 Å². The third-order valence-electron chi connectivity index (χ3n) is 2.58. The molecule has 0 spiro atoms. The largest absolute Gasteiger partial charge is 0.487 e. The molecule has 0 fully saturated rings. The van der Waals surface area contributed by atoms with Crippen LogP contribution in [0.25, 0.3) is 0 Å². The van der Waals surface area contributed by atoms with Gasteiger partial charge in [-0.1, -0.05) is 6.92 Å². The molecule has 1 unspecified atom stereocenters. The molecule has 0 radical (unpaired) electrons. The average Bonchev–Trinajstić information content (AvgIpc) is 2.44. The van der Waals surface area contributed by atoms with Gasteiger partial charge in [-0.25, -0.2) is 4.79 Å². The lowest BCUT2D eigenvalue weighted by molar-refractivity contribution is -0.385. The van der Waals surface area contributed by atoms with E-state index >= 15 is 0 Å². The van der Waals surface area contributed by atoms with E-state index in [9.17, 15) is 14.9 Å². The Morgan fingerprint density at radius 2 is 2.33 bits per heavy atom. The summed E-state index contributed by atoms with van der Waals surface area (Å²) in [6.07, 6.45) is 5.81. The number of carboxylic acids is 1. The van der Waals surface area contributed by atoms with Crippen LogP contribution in [0.15, 0.2) is 18.2 Å². The highest BCUT2D eigenvalue weighted by molar-refractivity contribution is 5.78. The summed E-state index contributed by atoms with van der Waals surface area (Å²) in [5, 5.41) is 22.7. The Morgan fingerprint density at radius 1 is 1.62 bits per heavy atom. The van der Waals surface area contributed by atoms with Crippen molar-refractivity contribution < 1.29 is 19.6 Å². The lowest BCUT2D eigenvalue weighted by Crippen LogP contribution is -2.28. The molecule has 7 heteroatoms. The zero-order valence-electron chi connectivity index (χ0n) is 11.5. The number of carbonyl (C=O) groups is 1. The first-order valence-corrected chi connectivity index (χ1v) is 6.33. The van der Waals surface area contributed by atoms with Crippen molar-refractivity contribution in [3.05, 3.63) is 28.3 Å². The Labute approximate surface area is 122 Å². The van der Waals surface area contributed by atoms with Gasteiger partial charge in [-0.15, -0.1) is 12.3 Å². The average molecular weight is 292 g/mol. The van der Waals surface area contributed by atoms with Crippen molar-refractivity contribution in [2.45, 2.75) is 25.8 Å². The molecule has 1 rings (SSSR count). The maximum absolute atomic E-state index is 11.0. The van der Waals surface area contributed by atoms with E-state index in [0.717, 1.165) is 0 Å². The maximum atomic E-state index is 11.0. The molecule has 0 bridgehead atoms. The number of nitrogens with one attached hydrogen (secondary N) is 1. The Kier molecular flexibility index (Phi) is 6.01. The van der Waals surface area contributed by atoms with Gasteiger partial charge in [-0.05, 0) is 12.5 Å². The fourth-order valence-electron chi connectivity index (χ4n) is 1.60. The summed E-state index contributed by atoms with van der Waals surface area (Å²) in [5.74, 6) is 1.26. The van der Waals surface area contributed by atoms with Gasteiger partial charge in [0.15, 0.2) is 5.75 Å². The van der Waals surface area contributed by atoms with E-state index in [1.807, 2.05) is 6.92 Å². The van der Waals surface area contributed by atoms with Crippen molar-refractivity contribution in [3.63, 3.8) is 0 Å². The molecule has 0 aliphatic rings. The van der Waals surface area contributed by atoms with Crippen LogP contribution in [0.3, 0.4) is 0 Å². The summed E-state index contributed by atoms with van der Waals surface area (Å²) >= 11 is 0. The van der Waals surface area contributed by atoms with Gasteiger partial charge in [-0.2, -0.15) is 0 Å². The first kappa shape index (κ1) is 16.3. The number of carboxylic acid groups (broad SMARTS) is 1. The number of rotatable bonds is 8. The molecule has 1 atom stereocenters. The second-order valence-corrected chi connectivity index (χ2v) is 4.23.